The summed E-state index contributed by atoms with van der Waals surface area (Å²) in [5, 5.41) is 13.5. The van der Waals surface area contributed by atoms with E-state index in [0.717, 1.165) is 20.5 Å². The zero-order chi connectivity index (χ0) is 15.8. The monoisotopic (exact) mass is 397 g/mol. The zero-order valence-electron chi connectivity index (χ0n) is 12.8. The lowest BCUT2D eigenvalue weighted by atomic mass is 9.94. The molecule has 2 aliphatic rings. The molecule has 0 radical (unpaired) electrons. The second-order valence-electron chi connectivity index (χ2n) is 6.55. The first-order chi connectivity index (χ1) is 11.2. The first kappa shape index (κ1) is 15.7. The third kappa shape index (κ3) is 3.24. The van der Waals surface area contributed by atoms with E-state index >= 15 is 0 Å². The van der Waals surface area contributed by atoms with Crippen LogP contribution in [0.2, 0.25) is 0 Å². The van der Waals surface area contributed by atoms with Crippen LogP contribution in [0.25, 0.3) is 10.7 Å². The number of thiophene rings is 1. The van der Waals surface area contributed by atoms with Crippen molar-refractivity contribution in [2.45, 2.75) is 38.3 Å². The van der Waals surface area contributed by atoms with Crippen molar-refractivity contribution in [2.75, 3.05) is 13.2 Å². The zero-order valence-corrected chi connectivity index (χ0v) is 15.2. The van der Waals surface area contributed by atoms with Gasteiger partial charge in [-0.25, -0.2) is 0 Å². The molecule has 0 saturated heterocycles. The molecule has 2 fully saturated rings. The Kier molecular flexibility index (Phi) is 4.54. The van der Waals surface area contributed by atoms with Crippen LogP contribution in [0.5, 0.6) is 0 Å². The maximum Gasteiger partial charge on any atom is 0.241 e. The molecule has 2 aliphatic carbocycles. The molecule has 5 nitrogen and oxygen atoms in total. The molecule has 2 aromatic rings. The van der Waals surface area contributed by atoms with Gasteiger partial charge < -0.3 is 9.63 Å². The topological polar surface area (TPSA) is 62.4 Å². The Labute approximate surface area is 147 Å². The van der Waals surface area contributed by atoms with Crippen molar-refractivity contribution in [1.82, 2.24) is 15.0 Å². The first-order valence-corrected chi connectivity index (χ1v) is 9.77. The van der Waals surface area contributed by atoms with Crippen LogP contribution in [-0.4, -0.2) is 39.3 Å². The molecule has 23 heavy (non-hydrogen) atoms. The van der Waals surface area contributed by atoms with E-state index in [0.29, 0.717) is 30.8 Å². The molecule has 2 bridgehead atoms. The van der Waals surface area contributed by atoms with Crippen LogP contribution in [0.4, 0.5) is 0 Å². The quantitative estimate of drug-likeness (QED) is 0.807. The average molecular weight is 398 g/mol. The van der Waals surface area contributed by atoms with Gasteiger partial charge in [0.25, 0.3) is 0 Å². The highest BCUT2D eigenvalue weighted by Crippen LogP contribution is 2.46. The molecular weight excluding hydrogens is 378 g/mol. The van der Waals surface area contributed by atoms with Gasteiger partial charge in [-0.2, -0.15) is 4.98 Å². The SMILES string of the molecule is OCCN(Cc1nc(-c2ccc(Br)s2)no1)C1CC2CCC1C2. The van der Waals surface area contributed by atoms with Crippen molar-refractivity contribution < 1.29 is 9.63 Å². The Morgan fingerprint density at radius 1 is 1.35 bits per heavy atom. The number of aromatic nitrogens is 2. The molecule has 2 saturated carbocycles. The van der Waals surface area contributed by atoms with Gasteiger partial charge in [-0.15, -0.1) is 11.3 Å². The van der Waals surface area contributed by atoms with E-state index in [-0.39, 0.29) is 6.61 Å². The number of hydrogen-bond acceptors (Lipinski definition) is 6. The van der Waals surface area contributed by atoms with Gasteiger partial charge in [0.15, 0.2) is 0 Å². The predicted molar refractivity (Wildman–Crippen MR) is 92.0 cm³/mol. The third-order valence-corrected chi connectivity index (χ3v) is 6.78. The number of halogens is 1. The van der Waals surface area contributed by atoms with Crippen LogP contribution in [0.1, 0.15) is 31.6 Å². The molecule has 0 amide bonds. The highest BCUT2D eigenvalue weighted by atomic mass is 79.9. The summed E-state index contributed by atoms with van der Waals surface area (Å²) in [6.45, 7) is 1.48. The highest BCUT2D eigenvalue weighted by molar-refractivity contribution is 9.11. The summed E-state index contributed by atoms with van der Waals surface area (Å²) in [4.78, 5) is 7.88. The molecular formula is C16H20BrN3O2S. The normalized spacial score (nSPS) is 26.5. The summed E-state index contributed by atoms with van der Waals surface area (Å²) in [7, 11) is 0. The maximum absolute atomic E-state index is 9.42. The molecule has 0 aliphatic heterocycles. The van der Waals surface area contributed by atoms with Gasteiger partial charge in [-0.3, -0.25) is 4.90 Å². The van der Waals surface area contributed by atoms with E-state index in [2.05, 4.69) is 31.0 Å². The molecule has 2 heterocycles. The van der Waals surface area contributed by atoms with Crippen molar-refractivity contribution in [2.24, 2.45) is 11.8 Å². The molecule has 4 rings (SSSR count). The Bertz CT molecular complexity index is 674. The molecule has 3 unspecified atom stereocenters. The van der Waals surface area contributed by atoms with E-state index in [9.17, 15) is 5.11 Å². The molecule has 2 aromatic heterocycles. The lowest BCUT2D eigenvalue weighted by molar-refractivity contribution is 0.0953. The van der Waals surface area contributed by atoms with E-state index in [1.165, 1.54) is 25.7 Å². The first-order valence-electron chi connectivity index (χ1n) is 8.16. The number of aliphatic hydroxyl groups is 1. The molecule has 1 N–H and O–H groups in total. The van der Waals surface area contributed by atoms with Crippen molar-refractivity contribution >= 4 is 27.3 Å². The van der Waals surface area contributed by atoms with Crippen molar-refractivity contribution in [3.63, 3.8) is 0 Å². The summed E-state index contributed by atoms with van der Waals surface area (Å²) in [6.07, 6.45) is 5.32. The van der Waals surface area contributed by atoms with Crippen molar-refractivity contribution in [1.29, 1.82) is 0 Å². The third-order valence-electron chi connectivity index (χ3n) is 5.16. The predicted octanol–water partition coefficient (Wildman–Crippen LogP) is 3.54. The Morgan fingerprint density at radius 2 is 2.26 bits per heavy atom. The minimum Gasteiger partial charge on any atom is -0.395 e. The molecule has 0 spiro atoms. The maximum atomic E-state index is 9.42. The highest BCUT2D eigenvalue weighted by Gasteiger charge is 2.42. The van der Waals surface area contributed by atoms with Crippen LogP contribution in [-0.2, 0) is 6.54 Å². The minimum atomic E-state index is 0.173. The van der Waals surface area contributed by atoms with E-state index in [1.807, 2.05) is 12.1 Å². The van der Waals surface area contributed by atoms with Crippen LogP contribution in [0.15, 0.2) is 20.4 Å². The number of rotatable bonds is 6. The summed E-state index contributed by atoms with van der Waals surface area (Å²) in [5.74, 6) is 2.95. The van der Waals surface area contributed by atoms with Gasteiger partial charge >= 0.3 is 0 Å². The molecule has 0 aromatic carbocycles. The Hall–Kier alpha value is -0.760. The largest absolute Gasteiger partial charge is 0.395 e. The fourth-order valence-corrected chi connectivity index (χ4v) is 5.49. The second kappa shape index (κ2) is 6.63. The fraction of sp³-hybridized carbons (Fsp3) is 0.625. The van der Waals surface area contributed by atoms with Gasteiger partial charge in [0.05, 0.1) is 21.8 Å². The summed E-state index contributed by atoms with van der Waals surface area (Å²) in [5.41, 5.74) is 0. The van der Waals surface area contributed by atoms with Crippen LogP contribution < -0.4 is 0 Å². The lowest BCUT2D eigenvalue weighted by Crippen LogP contribution is -2.40. The summed E-state index contributed by atoms with van der Waals surface area (Å²) < 4.78 is 6.51. The van der Waals surface area contributed by atoms with Crippen LogP contribution >= 0.6 is 27.3 Å². The Morgan fingerprint density at radius 3 is 2.91 bits per heavy atom. The molecule has 7 heteroatoms. The van der Waals surface area contributed by atoms with Gasteiger partial charge in [-0.1, -0.05) is 11.6 Å². The van der Waals surface area contributed by atoms with Gasteiger partial charge in [0.2, 0.25) is 11.7 Å². The van der Waals surface area contributed by atoms with Crippen LogP contribution in [0.3, 0.4) is 0 Å². The molecule has 3 atom stereocenters. The minimum absolute atomic E-state index is 0.173. The van der Waals surface area contributed by atoms with Gasteiger partial charge in [0.1, 0.15) is 0 Å². The standard InChI is InChI=1S/C16H20BrN3O2S/c17-14-4-3-13(23-14)16-18-15(22-19-16)9-20(5-6-21)12-8-10-1-2-11(12)7-10/h3-4,10-12,21H,1-2,5-9H2. The number of fused-ring (bicyclic) bond motifs is 2. The van der Waals surface area contributed by atoms with E-state index in [4.69, 9.17) is 4.52 Å². The number of hydrogen-bond donors (Lipinski definition) is 1. The van der Waals surface area contributed by atoms with Gasteiger partial charge in [-0.05, 0) is 59.2 Å². The van der Waals surface area contributed by atoms with Crippen molar-refractivity contribution in [3.05, 3.63) is 21.8 Å². The van der Waals surface area contributed by atoms with E-state index < -0.39 is 0 Å². The summed E-state index contributed by atoms with van der Waals surface area (Å²) in [6, 6.07) is 4.54. The molecule has 124 valence electrons. The Balaban J connectivity index is 1.48. The van der Waals surface area contributed by atoms with Crippen LogP contribution in [0, 0.1) is 11.8 Å². The average Bonchev–Trinajstić information content (AvgIpc) is 3.30. The van der Waals surface area contributed by atoms with E-state index in [1.54, 1.807) is 11.3 Å². The number of nitrogens with zero attached hydrogens (tertiary/aromatic N) is 3. The number of aliphatic hydroxyl groups excluding tert-OH is 1. The van der Waals surface area contributed by atoms with Crippen molar-refractivity contribution in [3.8, 4) is 10.7 Å². The smallest absolute Gasteiger partial charge is 0.241 e. The second-order valence-corrected chi connectivity index (χ2v) is 9.01. The lowest BCUT2D eigenvalue weighted by Gasteiger charge is -2.33. The summed E-state index contributed by atoms with van der Waals surface area (Å²) >= 11 is 5.05. The van der Waals surface area contributed by atoms with Gasteiger partial charge in [0, 0.05) is 12.6 Å². The fourth-order valence-electron chi connectivity index (χ4n) is 4.18.